The lowest BCUT2D eigenvalue weighted by molar-refractivity contribution is -0.141. The van der Waals surface area contributed by atoms with Crippen LogP contribution < -0.4 is 15.2 Å². The second-order valence-corrected chi connectivity index (χ2v) is 4.44. The zero-order chi connectivity index (χ0) is 17.0. The van der Waals surface area contributed by atoms with Gasteiger partial charge in [-0.15, -0.1) is 0 Å². The summed E-state index contributed by atoms with van der Waals surface area (Å²) in [6, 6.07) is 5.83. The van der Waals surface area contributed by atoms with E-state index in [4.69, 9.17) is 9.47 Å². The molecule has 8 heteroatoms. The van der Waals surface area contributed by atoms with Crippen molar-refractivity contribution < 1.29 is 22.6 Å². The molecule has 0 spiro atoms. The summed E-state index contributed by atoms with van der Waals surface area (Å²) < 4.78 is 48.4. The zero-order valence-corrected chi connectivity index (χ0v) is 12.3. The van der Waals surface area contributed by atoms with E-state index in [9.17, 15) is 18.0 Å². The first-order chi connectivity index (χ1) is 10.8. The van der Waals surface area contributed by atoms with E-state index in [1.54, 1.807) is 23.2 Å². The van der Waals surface area contributed by atoms with E-state index in [0.29, 0.717) is 17.1 Å². The van der Waals surface area contributed by atoms with Gasteiger partial charge in [0.2, 0.25) is 0 Å². The number of methoxy groups -OCH3 is 2. The van der Waals surface area contributed by atoms with Gasteiger partial charge in [0, 0.05) is 5.56 Å². The fourth-order valence-electron chi connectivity index (χ4n) is 1.93. The highest BCUT2D eigenvalue weighted by molar-refractivity contribution is 5.73. The van der Waals surface area contributed by atoms with E-state index in [1.807, 2.05) is 0 Å². The van der Waals surface area contributed by atoms with E-state index < -0.39 is 17.6 Å². The number of nitrogens with one attached hydrogen (secondary N) is 1. The van der Waals surface area contributed by atoms with Crippen LogP contribution in [0.4, 0.5) is 13.2 Å². The molecule has 0 atom stereocenters. The third kappa shape index (κ3) is 3.91. The van der Waals surface area contributed by atoms with Crippen LogP contribution in [-0.2, 0) is 6.18 Å². The molecule has 0 bridgehead atoms. The highest BCUT2D eigenvalue weighted by Gasteiger charge is 2.32. The molecule has 2 aromatic rings. The van der Waals surface area contributed by atoms with Crippen LogP contribution in [0.15, 0.2) is 29.1 Å². The summed E-state index contributed by atoms with van der Waals surface area (Å²) in [6.07, 6.45) is -1.87. The molecule has 0 aliphatic carbocycles. The van der Waals surface area contributed by atoms with Crippen molar-refractivity contribution in [1.29, 1.82) is 0 Å². The predicted octanol–water partition coefficient (Wildman–Crippen LogP) is 2.98. The lowest BCUT2D eigenvalue weighted by Gasteiger charge is -2.10. The number of aromatic amines is 1. The van der Waals surface area contributed by atoms with Gasteiger partial charge in [-0.2, -0.15) is 18.2 Å². The van der Waals surface area contributed by atoms with Gasteiger partial charge in [0.15, 0.2) is 11.5 Å². The molecular weight excluding hydrogens is 313 g/mol. The van der Waals surface area contributed by atoms with E-state index in [1.165, 1.54) is 26.4 Å². The van der Waals surface area contributed by atoms with Gasteiger partial charge in [-0.25, -0.2) is 4.79 Å². The van der Waals surface area contributed by atoms with Crippen molar-refractivity contribution in [1.82, 2.24) is 9.97 Å². The van der Waals surface area contributed by atoms with E-state index in [2.05, 4.69) is 4.98 Å². The number of hydrogen-bond donors (Lipinski definition) is 1. The van der Waals surface area contributed by atoms with Crippen LogP contribution in [0.3, 0.4) is 0 Å². The molecule has 1 N–H and O–H groups in total. The minimum absolute atomic E-state index is 0.119. The number of halogens is 3. The number of hydrogen-bond acceptors (Lipinski definition) is 4. The maximum absolute atomic E-state index is 12.7. The number of ether oxygens (including phenoxy) is 2. The van der Waals surface area contributed by atoms with Crippen molar-refractivity contribution in [2.75, 3.05) is 14.2 Å². The van der Waals surface area contributed by atoms with Gasteiger partial charge in [0.05, 0.1) is 19.9 Å². The SMILES string of the molecule is COc1cccc(/C=C/c2cc(C(F)(F)F)[nH]c(=O)n2)c1OC. The standard InChI is InChI=1S/C15H13F3N2O3/c1-22-11-5-3-4-9(13(11)23-2)6-7-10-8-12(15(16,17)18)20-14(21)19-10/h3-8H,1-2H3,(H,19,20,21)/b7-6+. The minimum atomic E-state index is -4.65. The van der Waals surface area contributed by atoms with Crippen molar-refractivity contribution in [2.24, 2.45) is 0 Å². The Kier molecular flexibility index (Phi) is 4.73. The lowest BCUT2D eigenvalue weighted by Crippen LogP contribution is -2.19. The van der Waals surface area contributed by atoms with Gasteiger partial charge < -0.3 is 14.5 Å². The van der Waals surface area contributed by atoms with Crippen molar-refractivity contribution in [3.63, 3.8) is 0 Å². The largest absolute Gasteiger partial charge is 0.493 e. The molecule has 0 saturated carbocycles. The van der Waals surface area contributed by atoms with Gasteiger partial charge >= 0.3 is 11.9 Å². The highest BCUT2D eigenvalue weighted by atomic mass is 19.4. The maximum Gasteiger partial charge on any atom is 0.431 e. The van der Waals surface area contributed by atoms with Gasteiger partial charge in [-0.05, 0) is 24.3 Å². The number of rotatable bonds is 4. The first-order valence-electron chi connectivity index (χ1n) is 6.43. The summed E-state index contributed by atoms with van der Waals surface area (Å²) in [6.45, 7) is 0. The lowest BCUT2D eigenvalue weighted by atomic mass is 10.1. The summed E-state index contributed by atoms with van der Waals surface area (Å²) in [5.41, 5.74) is -1.78. The Balaban J connectivity index is 2.42. The fourth-order valence-corrected chi connectivity index (χ4v) is 1.93. The topological polar surface area (TPSA) is 64.2 Å². The summed E-state index contributed by atoms with van der Waals surface area (Å²) >= 11 is 0. The van der Waals surface area contributed by atoms with Gasteiger partial charge in [-0.3, -0.25) is 0 Å². The van der Waals surface area contributed by atoms with Crippen molar-refractivity contribution in [3.05, 3.63) is 51.7 Å². The summed E-state index contributed by atoms with van der Waals surface area (Å²) in [5, 5.41) is 0. The molecule has 0 fully saturated rings. The number of benzene rings is 1. The maximum atomic E-state index is 12.7. The molecule has 0 unspecified atom stereocenters. The molecular formula is C15H13F3N2O3. The molecule has 0 saturated heterocycles. The second kappa shape index (κ2) is 6.55. The fraction of sp³-hybridized carbons (Fsp3) is 0.200. The summed E-state index contributed by atoms with van der Waals surface area (Å²) in [5.74, 6) is 0.900. The molecule has 1 heterocycles. The Labute approximate surface area is 129 Å². The molecule has 122 valence electrons. The number of alkyl halides is 3. The van der Waals surface area contributed by atoms with Crippen LogP contribution in [-0.4, -0.2) is 24.2 Å². The molecule has 1 aromatic carbocycles. The normalized spacial score (nSPS) is 11.7. The smallest absolute Gasteiger partial charge is 0.431 e. The molecule has 5 nitrogen and oxygen atoms in total. The molecule has 0 amide bonds. The molecule has 0 aliphatic heterocycles. The molecule has 23 heavy (non-hydrogen) atoms. The van der Waals surface area contributed by atoms with Crippen LogP contribution in [0.25, 0.3) is 12.2 Å². The van der Waals surface area contributed by atoms with Gasteiger partial charge in [0.25, 0.3) is 0 Å². The number of para-hydroxylation sites is 1. The van der Waals surface area contributed by atoms with Crippen LogP contribution in [0, 0.1) is 0 Å². The Morgan fingerprint density at radius 1 is 1.17 bits per heavy atom. The van der Waals surface area contributed by atoms with Crippen LogP contribution in [0.1, 0.15) is 17.0 Å². The number of aromatic nitrogens is 2. The van der Waals surface area contributed by atoms with Crippen LogP contribution in [0.5, 0.6) is 11.5 Å². The monoisotopic (exact) mass is 326 g/mol. The second-order valence-electron chi connectivity index (χ2n) is 4.44. The summed E-state index contributed by atoms with van der Waals surface area (Å²) in [7, 11) is 2.92. The third-order valence-electron chi connectivity index (χ3n) is 2.94. The van der Waals surface area contributed by atoms with Crippen LogP contribution in [0.2, 0.25) is 0 Å². The minimum Gasteiger partial charge on any atom is -0.493 e. The van der Waals surface area contributed by atoms with Crippen molar-refractivity contribution >= 4 is 12.2 Å². The third-order valence-corrected chi connectivity index (χ3v) is 2.94. The zero-order valence-electron chi connectivity index (χ0n) is 12.3. The Morgan fingerprint density at radius 3 is 2.52 bits per heavy atom. The van der Waals surface area contributed by atoms with E-state index in [0.717, 1.165) is 6.07 Å². The van der Waals surface area contributed by atoms with Gasteiger partial charge in [0.1, 0.15) is 5.69 Å². The number of nitrogens with zero attached hydrogens (tertiary/aromatic N) is 1. The first-order valence-corrected chi connectivity index (χ1v) is 6.43. The van der Waals surface area contributed by atoms with Crippen molar-refractivity contribution in [3.8, 4) is 11.5 Å². The molecule has 0 aliphatic rings. The average Bonchev–Trinajstić information content (AvgIpc) is 2.51. The quantitative estimate of drug-likeness (QED) is 0.938. The Bertz CT molecular complexity index is 782. The molecule has 2 rings (SSSR count). The van der Waals surface area contributed by atoms with E-state index in [-0.39, 0.29) is 5.69 Å². The Hall–Kier alpha value is -2.77. The van der Waals surface area contributed by atoms with Gasteiger partial charge in [-0.1, -0.05) is 12.1 Å². The first kappa shape index (κ1) is 16.6. The van der Waals surface area contributed by atoms with Crippen molar-refractivity contribution in [2.45, 2.75) is 6.18 Å². The summed E-state index contributed by atoms with van der Waals surface area (Å²) in [4.78, 5) is 16.4. The average molecular weight is 326 g/mol. The van der Waals surface area contributed by atoms with E-state index >= 15 is 0 Å². The van der Waals surface area contributed by atoms with Crippen LogP contribution >= 0.6 is 0 Å². The predicted molar refractivity (Wildman–Crippen MR) is 78.3 cm³/mol. The molecule has 0 radical (unpaired) electrons. The molecule has 1 aromatic heterocycles. The Morgan fingerprint density at radius 2 is 1.91 bits per heavy atom. The highest BCUT2D eigenvalue weighted by Crippen LogP contribution is 2.32. The number of H-pyrrole nitrogens is 1.